The van der Waals surface area contributed by atoms with Crippen LogP contribution in [0, 0.1) is 19.8 Å². The normalized spacial score (nSPS) is 18.4. The van der Waals surface area contributed by atoms with Crippen LogP contribution in [0.1, 0.15) is 76.2 Å². The third kappa shape index (κ3) is 8.82. The molecule has 2 N–H and O–H groups in total. The van der Waals surface area contributed by atoms with Crippen LogP contribution in [0.3, 0.4) is 0 Å². The number of rotatable bonds is 14. The van der Waals surface area contributed by atoms with Gasteiger partial charge in [-0.15, -0.1) is 24.8 Å². The lowest BCUT2D eigenvalue weighted by molar-refractivity contribution is -0.161. The highest BCUT2D eigenvalue weighted by molar-refractivity contribution is 7.89. The summed E-state index contributed by atoms with van der Waals surface area (Å²) in [7, 11) is -2.02. The first-order valence-electron chi connectivity index (χ1n) is 15.9. The summed E-state index contributed by atoms with van der Waals surface area (Å²) in [5.41, 5.74) is 3.01. The summed E-state index contributed by atoms with van der Waals surface area (Å²) in [6, 6.07) is 6.30. The Kier molecular flexibility index (Phi) is 15.0. The molecule has 2 fully saturated rings. The summed E-state index contributed by atoms with van der Waals surface area (Å²) < 4.78 is 34.7. The number of amides is 2. The van der Waals surface area contributed by atoms with E-state index in [1.165, 1.54) is 0 Å². The Hall–Kier alpha value is -2.22. The number of methoxy groups -OCH3 is 1. The lowest BCUT2D eigenvalue weighted by atomic mass is 9.80. The van der Waals surface area contributed by atoms with Crippen molar-refractivity contribution in [3.63, 3.8) is 0 Å². The zero-order valence-electron chi connectivity index (χ0n) is 28.0. The molecule has 2 amide bonds. The van der Waals surface area contributed by atoms with Gasteiger partial charge in [0.1, 0.15) is 11.6 Å². The van der Waals surface area contributed by atoms with E-state index in [1.807, 2.05) is 23.4 Å². The van der Waals surface area contributed by atoms with Gasteiger partial charge in [-0.05, 0) is 76.1 Å². The summed E-state index contributed by atoms with van der Waals surface area (Å²) in [4.78, 5) is 31.6. The lowest BCUT2D eigenvalue weighted by Crippen LogP contribution is -2.73. The molecule has 0 aliphatic carbocycles. The summed E-state index contributed by atoms with van der Waals surface area (Å²) in [5, 5.41) is 7.87. The van der Waals surface area contributed by atoms with Crippen LogP contribution in [-0.4, -0.2) is 91.3 Å². The molecule has 11 nitrogen and oxygen atoms in total. The molecule has 0 bridgehead atoms. The summed E-state index contributed by atoms with van der Waals surface area (Å²) in [6.45, 7) is 13.8. The van der Waals surface area contributed by atoms with Crippen LogP contribution in [0.4, 0.5) is 0 Å². The Labute approximate surface area is 287 Å². The number of halogens is 2. The van der Waals surface area contributed by atoms with Gasteiger partial charge in [-0.2, -0.15) is 5.10 Å². The molecule has 1 spiro atoms. The standard InChI is InChI=1S/C32H50N6O5S.2ClH/c1-7-8-17-37-30(39)29(21-23(2)3)34-31(40)32(37)14-18-36(19-15-32)22-28-24(4)35-38(25(28)5)26-10-12-27(13-11-26)44(41,42)33-16-9-20-43-6;;/h10-13,23,29,33H,7-9,14-22H2,1-6H3,(H,34,40);2*1H/t29-;;/m0../s1. The predicted molar refractivity (Wildman–Crippen MR) is 184 cm³/mol. The van der Waals surface area contributed by atoms with E-state index in [-0.39, 0.29) is 41.5 Å². The number of benzene rings is 1. The van der Waals surface area contributed by atoms with Crippen LogP contribution in [0.15, 0.2) is 29.2 Å². The Morgan fingerprint density at radius 3 is 2.33 bits per heavy atom. The highest BCUT2D eigenvalue weighted by atomic mass is 35.5. The van der Waals surface area contributed by atoms with Crippen molar-refractivity contribution in [2.24, 2.45) is 5.92 Å². The molecule has 2 aliphatic heterocycles. The first-order valence-corrected chi connectivity index (χ1v) is 17.4. The number of carbonyl (C=O) groups is 2. The van der Waals surface area contributed by atoms with Crippen molar-refractivity contribution in [2.75, 3.05) is 39.9 Å². The fourth-order valence-corrected chi connectivity index (χ4v) is 7.45. The maximum absolute atomic E-state index is 13.6. The van der Waals surface area contributed by atoms with Gasteiger partial charge in [0.05, 0.1) is 16.3 Å². The van der Waals surface area contributed by atoms with Crippen molar-refractivity contribution in [3.8, 4) is 5.69 Å². The fourth-order valence-electron chi connectivity index (χ4n) is 6.38. The molecule has 2 aliphatic rings. The number of aryl methyl sites for hydroxylation is 1. The number of hydrogen-bond donors (Lipinski definition) is 2. The van der Waals surface area contributed by atoms with Crippen LogP contribution in [-0.2, 0) is 30.9 Å². The third-order valence-corrected chi connectivity index (χ3v) is 10.4. The van der Waals surface area contributed by atoms with Gasteiger partial charge in [-0.25, -0.2) is 17.8 Å². The quantitative estimate of drug-likeness (QED) is 0.283. The van der Waals surface area contributed by atoms with Crippen LogP contribution < -0.4 is 10.0 Å². The monoisotopic (exact) mass is 702 g/mol. The van der Waals surface area contributed by atoms with Gasteiger partial charge in [-0.3, -0.25) is 14.5 Å². The Morgan fingerprint density at radius 2 is 1.74 bits per heavy atom. The number of piperazine rings is 1. The molecular weight excluding hydrogens is 651 g/mol. The molecule has 1 aromatic carbocycles. The van der Waals surface area contributed by atoms with E-state index < -0.39 is 21.6 Å². The molecule has 2 aromatic rings. The second-order valence-corrected chi connectivity index (χ2v) is 14.4. The Bertz CT molecular complexity index is 1410. The zero-order chi connectivity index (χ0) is 32.1. The lowest BCUT2D eigenvalue weighted by Gasteiger charge is -2.52. The minimum Gasteiger partial charge on any atom is -0.385 e. The van der Waals surface area contributed by atoms with Crippen molar-refractivity contribution >= 4 is 46.7 Å². The van der Waals surface area contributed by atoms with Crippen LogP contribution in [0.5, 0.6) is 0 Å². The summed E-state index contributed by atoms with van der Waals surface area (Å²) >= 11 is 0. The van der Waals surface area contributed by atoms with Crippen LogP contribution >= 0.6 is 24.8 Å². The molecule has 2 saturated heterocycles. The molecule has 14 heteroatoms. The molecule has 0 radical (unpaired) electrons. The summed E-state index contributed by atoms with van der Waals surface area (Å²) in [5.74, 6) is 0.378. The molecule has 3 heterocycles. The van der Waals surface area contributed by atoms with E-state index >= 15 is 0 Å². The van der Waals surface area contributed by atoms with E-state index in [9.17, 15) is 18.0 Å². The molecule has 0 unspecified atom stereocenters. The first-order chi connectivity index (χ1) is 20.9. The van der Waals surface area contributed by atoms with Crippen molar-refractivity contribution in [1.29, 1.82) is 0 Å². The van der Waals surface area contributed by atoms with E-state index in [1.54, 1.807) is 31.4 Å². The maximum atomic E-state index is 13.6. The number of carbonyl (C=O) groups excluding carboxylic acids is 2. The number of sulfonamides is 1. The average molecular weight is 704 g/mol. The van der Waals surface area contributed by atoms with Crippen molar-refractivity contribution in [1.82, 2.24) is 29.6 Å². The second kappa shape index (κ2) is 17.3. The predicted octanol–water partition coefficient (Wildman–Crippen LogP) is 4.16. The van der Waals surface area contributed by atoms with Gasteiger partial charge in [-0.1, -0.05) is 27.2 Å². The van der Waals surface area contributed by atoms with Crippen LogP contribution in [0.25, 0.3) is 5.69 Å². The maximum Gasteiger partial charge on any atom is 0.246 e. The highest BCUT2D eigenvalue weighted by Gasteiger charge is 2.53. The zero-order valence-corrected chi connectivity index (χ0v) is 30.5. The van der Waals surface area contributed by atoms with Crippen molar-refractivity contribution in [3.05, 3.63) is 41.2 Å². The van der Waals surface area contributed by atoms with Crippen LogP contribution in [0.2, 0.25) is 0 Å². The van der Waals surface area contributed by atoms with Gasteiger partial charge in [0.2, 0.25) is 21.8 Å². The molecular formula is C32H52Cl2N6O5S. The minimum atomic E-state index is -3.60. The summed E-state index contributed by atoms with van der Waals surface area (Å²) in [6.07, 6.45) is 4.31. The van der Waals surface area contributed by atoms with Gasteiger partial charge in [0, 0.05) is 57.7 Å². The first kappa shape index (κ1) is 40.0. The number of ether oxygens (including phenoxy) is 1. The smallest absolute Gasteiger partial charge is 0.246 e. The number of nitrogens with zero attached hydrogens (tertiary/aromatic N) is 4. The third-order valence-electron chi connectivity index (χ3n) is 8.97. The number of unbranched alkanes of at least 4 members (excludes halogenated alkanes) is 1. The average Bonchev–Trinajstić information content (AvgIpc) is 3.27. The van der Waals surface area contributed by atoms with E-state index in [0.29, 0.717) is 70.9 Å². The fraction of sp³-hybridized carbons (Fsp3) is 0.656. The number of hydrogen-bond acceptors (Lipinski definition) is 7. The number of aromatic nitrogens is 2. The van der Waals surface area contributed by atoms with Crippen molar-refractivity contribution < 1.29 is 22.7 Å². The Morgan fingerprint density at radius 1 is 1.09 bits per heavy atom. The van der Waals surface area contributed by atoms with Gasteiger partial charge >= 0.3 is 0 Å². The molecule has 1 atom stereocenters. The SMILES string of the molecule is CCCCN1C(=O)[C@H](CC(C)C)NC(=O)C12CCN(Cc1c(C)nn(-c3ccc(S(=O)(=O)NCCCOC)cc3)c1C)CC2.Cl.Cl. The molecule has 4 rings (SSSR count). The van der Waals surface area contributed by atoms with E-state index in [2.05, 4.69) is 35.7 Å². The second-order valence-electron chi connectivity index (χ2n) is 12.6. The van der Waals surface area contributed by atoms with Gasteiger partial charge in [0.25, 0.3) is 0 Å². The van der Waals surface area contributed by atoms with Gasteiger partial charge < -0.3 is 15.0 Å². The largest absolute Gasteiger partial charge is 0.385 e. The topological polar surface area (TPSA) is 126 Å². The molecule has 1 aromatic heterocycles. The van der Waals surface area contributed by atoms with Gasteiger partial charge in [0.15, 0.2) is 0 Å². The molecule has 46 heavy (non-hydrogen) atoms. The highest BCUT2D eigenvalue weighted by Crippen LogP contribution is 2.35. The minimum absolute atomic E-state index is 0. The molecule has 0 saturated carbocycles. The number of likely N-dealkylation sites (tertiary alicyclic amines) is 1. The van der Waals surface area contributed by atoms with E-state index in [4.69, 9.17) is 9.84 Å². The number of nitrogens with one attached hydrogen (secondary N) is 2. The van der Waals surface area contributed by atoms with E-state index in [0.717, 1.165) is 35.5 Å². The van der Waals surface area contributed by atoms with Crippen molar-refractivity contribution in [2.45, 2.75) is 96.2 Å². The molecule has 260 valence electrons. The number of piperidine rings is 1. The Balaban J connectivity index is 0.00000368.